The van der Waals surface area contributed by atoms with E-state index in [2.05, 4.69) is 4.74 Å². The fourth-order valence-electron chi connectivity index (χ4n) is 1.36. The van der Waals surface area contributed by atoms with Crippen molar-refractivity contribution in [1.82, 2.24) is 0 Å². The molecule has 0 saturated carbocycles. The maximum Gasteiger partial charge on any atom is 0.438 e. The van der Waals surface area contributed by atoms with E-state index in [1.807, 2.05) is 0 Å². The van der Waals surface area contributed by atoms with Crippen LogP contribution in [0, 0.1) is 0 Å². The van der Waals surface area contributed by atoms with Gasteiger partial charge in [0.25, 0.3) is 0 Å². The molecule has 0 bridgehead atoms. The molecule has 0 aliphatic rings. The van der Waals surface area contributed by atoms with E-state index >= 15 is 0 Å². The Hall–Kier alpha value is -0.810. The average molecular weight is 342 g/mol. The number of alkyl halides is 11. The second-order valence-electron chi connectivity index (χ2n) is 3.95. The van der Waals surface area contributed by atoms with Crippen LogP contribution in [0.2, 0.25) is 0 Å². The first-order chi connectivity index (χ1) is 8.98. The van der Waals surface area contributed by atoms with Crippen molar-refractivity contribution in [2.75, 3.05) is 6.61 Å². The monoisotopic (exact) mass is 342 g/mol. The molecule has 0 heterocycles. The second-order valence-corrected chi connectivity index (χ2v) is 3.95. The van der Waals surface area contributed by atoms with Gasteiger partial charge in [-0.15, -0.1) is 0 Å². The Kier molecular flexibility index (Phi) is 5.22. The summed E-state index contributed by atoms with van der Waals surface area (Å²) in [5, 5.41) is 0. The fraction of sp³-hybridized carbons (Fsp3) is 1.00. The lowest BCUT2D eigenvalue weighted by Gasteiger charge is -2.41. The standard InChI is InChI=1S/C9H9F11O/c1-3-21-4(2)5(10,11)7(13,14)6(12,8(15,16)17)9(18,19)20/h4H,3H2,1-2H3. The van der Waals surface area contributed by atoms with Gasteiger partial charge in [0.15, 0.2) is 0 Å². The number of hydrogen-bond acceptors (Lipinski definition) is 1. The molecule has 0 aliphatic heterocycles. The van der Waals surface area contributed by atoms with Crippen LogP contribution in [0.15, 0.2) is 0 Å². The molecule has 0 spiro atoms. The predicted molar refractivity (Wildman–Crippen MR) is 46.9 cm³/mol. The van der Waals surface area contributed by atoms with Crippen molar-refractivity contribution in [3.05, 3.63) is 0 Å². The van der Waals surface area contributed by atoms with Crippen molar-refractivity contribution >= 4 is 0 Å². The van der Waals surface area contributed by atoms with E-state index in [0.717, 1.165) is 6.92 Å². The summed E-state index contributed by atoms with van der Waals surface area (Å²) in [5.74, 6) is -13.2. The highest BCUT2D eigenvalue weighted by molar-refractivity contribution is 5.12. The Morgan fingerprint density at radius 3 is 1.33 bits per heavy atom. The third-order valence-corrected chi connectivity index (χ3v) is 2.56. The maximum atomic E-state index is 13.2. The van der Waals surface area contributed by atoms with Crippen LogP contribution in [0.4, 0.5) is 48.3 Å². The van der Waals surface area contributed by atoms with Gasteiger partial charge in [0.2, 0.25) is 0 Å². The van der Waals surface area contributed by atoms with Gasteiger partial charge in [-0.25, -0.2) is 4.39 Å². The maximum absolute atomic E-state index is 13.2. The van der Waals surface area contributed by atoms with Crippen LogP contribution >= 0.6 is 0 Å². The van der Waals surface area contributed by atoms with Crippen molar-refractivity contribution < 1.29 is 53.0 Å². The van der Waals surface area contributed by atoms with Crippen molar-refractivity contribution in [1.29, 1.82) is 0 Å². The summed E-state index contributed by atoms with van der Waals surface area (Å²) in [5.41, 5.74) is -7.43. The first-order valence-corrected chi connectivity index (χ1v) is 5.18. The molecule has 12 heteroatoms. The van der Waals surface area contributed by atoms with Crippen LogP contribution in [-0.4, -0.2) is 42.6 Å². The Morgan fingerprint density at radius 1 is 0.762 bits per heavy atom. The summed E-state index contributed by atoms with van der Waals surface area (Å²) in [7, 11) is 0. The fourth-order valence-corrected chi connectivity index (χ4v) is 1.36. The van der Waals surface area contributed by atoms with Crippen molar-refractivity contribution in [2.24, 2.45) is 0 Å². The number of rotatable bonds is 5. The highest BCUT2D eigenvalue weighted by Gasteiger charge is 2.90. The van der Waals surface area contributed by atoms with E-state index in [0.29, 0.717) is 0 Å². The van der Waals surface area contributed by atoms with Gasteiger partial charge in [0.05, 0.1) is 0 Å². The molecular formula is C9H9F11O. The molecule has 0 aromatic rings. The molecule has 1 nitrogen and oxygen atoms in total. The van der Waals surface area contributed by atoms with E-state index in [1.165, 1.54) is 0 Å². The highest BCUT2D eigenvalue weighted by atomic mass is 19.4. The molecule has 0 rings (SSSR count). The smallest absolute Gasteiger partial charge is 0.372 e. The summed E-state index contributed by atoms with van der Waals surface area (Å²) in [6.45, 7) is 0.357. The average Bonchev–Trinajstić information content (AvgIpc) is 2.24. The highest BCUT2D eigenvalue weighted by Crippen LogP contribution is 2.59. The topological polar surface area (TPSA) is 9.23 Å². The minimum atomic E-state index is -7.43. The third kappa shape index (κ3) is 2.90. The van der Waals surface area contributed by atoms with Gasteiger partial charge in [-0.05, 0) is 13.8 Å². The molecule has 0 amide bonds. The molecule has 1 atom stereocenters. The molecule has 0 N–H and O–H groups in total. The molecule has 1 unspecified atom stereocenters. The van der Waals surface area contributed by atoms with Crippen LogP contribution in [-0.2, 0) is 4.74 Å². The Labute approximate surface area is 111 Å². The lowest BCUT2D eigenvalue weighted by molar-refractivity contribution is -0.433. The number of hydrogen-bond donors (Lipinski definition) is 0. The summed E-state index contributed by atoms with van der Waals surface area (Å²) in [4.78, 5) is 0. The molecule has 0 aliphatic carbocycles. The minimum Gasteiger partial charge on any atom is -0.372 e. The summed E-state index contributed by atoms with van der Waals surface area (Å²) < 4.78 is 143. The molecule has 21 heavy (non-hydrogen) atoms. The zero-order chi connectivity index (χ0) is 17.5. The van der Waals surface area contributed by atoms with E-state index in [4.69, 9.17) is 0 Å². The molecule has 0 saturated heterocycles. The van der Waals surface area contributed by atoms with Crippen molar-refractivity contribution in [2.45, 2.75) is 49.8 Å². The second kappa shape index (κ2) is 5.43. The molecule has 0 fully saturated rings. The Bertz CT molecular complexity index is 342. The van der Waals surface area contributed by atoms with Gasteiger partial charge >= 0.3 is 29.9 Å². The van der Waals surface area contributed by atoms with Gasteiger partial charge in [-0.3, -0.25) is 0 Å². The quantitative estimate of drug-likeness (QED) is 0.668. The largest absolute Gasteiger partial charge is 0.438 e. The van der Waals surface area contributed by atoms with Gasteiger partial charge in [-0.1, -0.05) is 0 Å². The summed E-state index contributed by atoms with van der Waals surface area (Å²) >= 11 is 0. The van der Waals surface area contributed by atoms with Gasteiger partial charge < -0.3 is 4.74 Å². The first kappa shape index (κ1) is 20.2. The third-order valence-electron chi connectivity index (χ3n) is 2.56. The van der Waals surface area contributed by atoms with Crippen LogP contribution < -0.4 is 0 Å². The summed E-state index contributed by atoms with van der Waals surface area (Å²) in [6, 6.07) is 0. The van der Waals surface area contributed by atoms with Crippen LogP contribution in [0.25, 0.3) is 0 Å². The van der Waals surface area contributed by atoms with E-state index in [-0.39, 0.29) is 6.92 Å². The first-order valence-electron chi connectivity index (χ1n) is 5.18. The van der Waals surface area contributed by atoms with Crippen molar-refractivity contribution in [3.63, 3.8) is 0 Å². The molecule has 0 radical (unpaired) electrons. The Morgan fingerprint density at radius 2 is 1.10 bits per heavy atom. The predicted octanol–water partition coefficient (Wildman–Crippen LogP) is 4.51. The molecule has 128 valence electrons. The Balaban J connectivity index is 6.15. The molecular weight excluding hydrogens is 333 g/mol. The SMILES string of the molecule is CCOC(C)C(F)(F)C(F)(F)C(F)(C(F)(F)F)C(F)(F)F. The van der Waals surface area contributed by atoms with Crippen LogP contribution in [0.5, 0.6) is 0 Å². The number of halogens is 11. The van der Waals surface area contributed by atoms with Gasteiger partial charge in [-0.2, -0.15) is 43.9 Å². The zero-order valence-electron chi connectivity index (χ0n) is 10.4. The van der Waals surface area contributed by atoms with Gasteiger partial charge in [0, 0.05) is 6.61 Å². The lowest BCUT2D eigenvalue weighted by Crippen LogP contribution is -2.72. The normalized spacial score (nSPS) is 17.0. The lowest BCUT2D eigenvalue weighted by atomic mass is 9.88. The van der Waals surface area contributed by atoms with E-state index in [1.54, 1.807) is 0 Å². The zero-order valence-corrected chi connectivity index (χ0v) is 10.4. The summed E-state index contributed by atoms with van der Waals surface area (Å²) in [6.07, 6.45) is -17.7. The molecule has 0 aromatic carbocycles. The molecule has 0 aromatic heterocycles. The minimum absolute atomic E-state index is 0.102. The number of ether oxygens (including phenoxy) is 1. The van der Waals surface area contributed by atoms with E-state index < -0.39 is 42.6 Å². The van der Waals surface area contributed by atoms with Crippen LogP contribution in [0.3, 0.4) is 0 Å². The van der Waals surface area contributed by atoms with Gasteiger partial charge in [0.1, 0.15) is 6.10 Å². The van der Waals surface area contributed by atoms with Crippen LogP contribution in [0.1, 0.15) is 13.8 Å². The van der Waals surface area contributed by atoms with Crippen molar-refractivity contribution in [3.8, 4) is 0 Å². The van der Waals surface area contributed by atoms with E-state index in [9.17, 15) is 48.3 Å².